The molecule has 2 N–H and O–H groups in total. The maximum absolute atomic E-state index is 5.92. The van der Waals surface area contributed by atoms with Crippen molar-refractivity contribution in [3.63, 3.8) is 0 Å². The normalized spacial score (nSPS) is 34.8. The largest absolute Gasteiger partial charge is 0.327 e. The van der Waals surface area contributed by atoms with Crippen molar-refractivity contribution in [2.45, 2.75) is 39.2 Å². The first-order chi connectivity index (χ1) is 5.72. The molecule has 1 heteroatoms. The van der Waals surface area contributed by atoms with Gasteiger partial charge in [-0.25, -0.2) is 0 Å². The molecule has 68 valence electrons. The van der Waals surface area contributed by atoms with Crippen LogP contribution in [-0.2, 0) is 0 Å². The molecule has 0 amide bonds. The molecule has 2 atom stereocenters. The average Bonchev–Trinajstić information content (AvgIpc) is 1.99. The first-order valence-electron chi connectivity index (χ1n) is 4.78. The van der Waals surface area contributed by atoms with E-state index in [1.54, 1.807) is 0 Å². The molecular formula is C11H19N. The van der Waals surface area contributed by atoms with E-state index in [0.717, 1.165) is 12.3 Å². The van der Waals surface area contributed by atoms with Gasteiger partial charge in [-0.05, 0) is 32.1 Å². The van der Waals surface area contributed by atoms with E-state index >= 15 is 0 Å². The number of hydrogen-bond donors (Lipinski definition) is 1. The fourth-order valence-corrected chi connectivity index (χ4v) is 1.92. The Balaban J connectivity index is 2.54. The van der Waals surface area contributed by atoms with Crippen LogP contribution in [0, 0.1) is 5.92 Å². The molecule has 1 aliphatic rings. The van der Waals surface area contributed by atoms with Crippen LogP contribution in [0.15, 0.2) is 23.8 Å². The summed E-state index contributed by atoms with van der Waals surface area (Å²) in [6.45, 7) is 4.33. The molecule has 0 bridgehead atoms. The van der Waals surface area contributed by atoms with Crippen LogP contribution in [0.2, 0.25) is 0 Å². The fourth-order valence-electron chi connectivity index (χ4n) is 1.92. The van der Waals surface area contributed by atoms with Crippen LogP contribution in [0.4, 0.5) is 0 Å². The van der Waals surface area contributed by atoms with E-state index in [0.29, 0.717) is 6.04 Å². The van der Waals surface area contributed by atoms with E-state index in [4.69, 9.17) is 5.73 Å². The van der Waals surface area contributed by atoms with Crippen LogP contribution < -0.4 is 5.73 Å². The Morgan fingerprint density at radius 2 is 2.17 bits per heavy atom. The summed E-state index contributed by atoms with van der Waals surface area (Å²) in [6.07, 6.45) is 9.91. The lowest BCUT2D eigenvalue weighted by Gasteiger charge is -2.25. The summed E-state index contributed by atoms with van der Waals surface area (Å²) in [5, 5.41) is 0. The zero-order chi connectivity index (χ0) is 8.97. The molecule has 0 spiro atoms. The smallest absolute Gasteiger partial charge is 0.00788 e. The summed E-state index contributed by atoms with van der Waals surface area (Å²) < 4.78 is 0. The minimum atomic E-state index is 0.394. The lowest BCUT2D eigenvalue weighted by atomic mass is 9.83. The van der Waals surface area contributed by atoms with Crippen LogP contribution in [0.3, 0.4) is 0 Å². The number of rotatable bonds is 1. The predicted octanol–water partition coefficient (Wildman–Crippen LogP) is 2.64. The first-order valence-corrected chi connectivity index (χ1v) is 4.78. The molecule has 2 unspecified atom stereocenters. The molecule has 0 aromatic rings. The van der Waals surface area contributed by atoms with Gasteiger partial charge in [0.1, 0.15) is 0 Å². The summed E-state index contributed by atoms with van der Waals surface area (Å²) in [4.78, 5) is 0. The van der Waals surface area contributed by atoms with Crippen molar-refractivity contribution < 1.29 is 0 Å². The van der Waals surface area contributed by atoms with E-state index in [-0.39, 0.29) is 0 Å². The molecule has 1 nitrogen and oxygen atoms in total. The van der Waals surface area contributed by atoms with Crippen molar-refractivity contribution in [1.29, 1.82) is 0 Å². The van der Waals surface area contributed by atoms with E-state index < -0.39 is 0 Å². The Hall–Kier alpha value is -0.560. The van der Waals surface area contributed by atoms with Gasteiger partial charge in [-0.15, -0.1) is 0 Å². The Kier molecular flexibility index (Phi) is 3.54. The van der Waals surface area contributed by atoms with Crippen molar-refractivity contribution in [2.75, 3.05) is 0 Å². The lowest BCUT2D eigenvalue weighted by molar-refractivity contribution is 0.405. The van der Waals surface area contributed by atoms with E-state index in [1.807, 2.05) is 6.92 Å². The van der Waals surface area contributed by atoms with Crippen molar-refractivity contribution in [1.82, 2.24) is 0 Å². The molecule has 12 heavy (non-hydrogen) atoms. The van der Waals surface area contributed by atoms with Gasteiger partial charge in [-0.1, -0.05) is 30.7 Å². The maximum Gasteiger partial charge on any atom is 0.00788 e. The maximum atomic E-state index is 5.92. The molecule has 0 aromatic heterocycles. The van der Waals surface area contributed by atoms with Crippen molar-refractivity contribution in [3.05, 3.63) is 23.8 Å². The second-order valence-electron chi connectivity index (χ2n) is 3.86. The Morgan fingerprint density at radius 3 is 2.75 bits per heavy atom. The minimum absolute atomic E-state index is 0.394. The summed E-state index contributed by atoms with van der Waals surface area (Å²) in [5.74, 6) is 0.769. The Labute approximate surface area is 75.3 Å². The third-order valence-corrected chi connectivity index (χ3v) is 2.36. The first kappa shape index (κ1) is 9.53. The van der Waals surface area contributed by atoms with Gasteiger partial charge < -0.3 is 5.73 Å². The highest BCUT2D eigenvalue weighted by Gasteiger charge is 2.18. The lowest BCUT2D eigenvalue weighted by Crippen LogP contribution is -2.27. The quantitative estimate of drug-likeness (QED) is 0.635. The third kappa shape index (κ3) is 2.82. The second kappa shape index (κ2) is 4.46. The molecule has 1 fully saturated rings. The van der Waals surface area contributed by atoms with E-state index in [9.17, 15) is 0 Å². The zero-order valence-corrected chi connectivity index (χ0v) is 8.09. The van der Waals surface area contributed by atoms with Crippen molar-refractivity contribution in [3.8, 4) is 0 Å². The van der Waals surface area contributed by atoms with E-state index in [2.05, 4.69) is 25.2 Å². The van der Waals surface area contributed by atoms with E-state index in [1.165, 1.54) is 18.4 Å². The van der Waals surface area contributed by atoms with Gasteiger partial charge in [-0.3, -0.25) is 0 Å². The van der Waals surface area contributed by atoms with Crippen LogP contribution >= 0.6 is 0 Å². The molecule has 1 aliphatic carbocycles. The molecule has 1 saturated carbocycles. The van der Waals surface area contributed by atoms with Gasteiger partial charge in [0, 0.05) is 6.04 Å². The highest BCUT2D eigenvalue weighted by Crippen LogP contribution is 2.27. The second-order valence-corrected chi connectivity index (χ2v) is 3.86. The third-order valence-electron chi connectivity index (χ3n) is 2.36. The van der Waals surface area contributed by atoms with Crippen molar-refractivity contribution in [2.24, 2.45) is 11.7 Å². The van der Waals surface area contributed by atoms with Gasteiger partial charge in [-0.2, -0.15) is 0 Å². The molecule has 0 heterocycles. The summed E-state index contributed by atoms with van der Waals surface area (Å²) in [7, 11) is 0. The summed E-state index contributed by atoms with van der Waals surface area (Å²) in [6, 6.07) is 0.394. The Bertz CT molecular complexity index is 179. The van der Waals surface area contributed by atoms with Gasteiger partial charge in [0.2, 0.25) is 0 Å². The molecular weight excluding hydrogens is 146 g/mol. The standard InChI is InChI=1S/C11H19N/c1-3-4-5-10-6-9(2)7-11(12)8-10/h3-5,9,11H,6-8,12H2,1-2H3/b4-3+,10-5+. The molecule has 0 radical (unpaired) electrons. The Morgan fingerprint density at radius 1 is 1.42 bits per heavy atom. The van der Waals surface area contributed by atoms with Crippen LogP contribution in [0.25, 0.3) is 0 Å². The highest BCUT2D eigenvalue weighted by atomic mass is 14.6. The molecule has 0 aromatic carbocycles. The van der Waals surface area contributed by atoms with Gasteiger partial charge in [0.15, 0.2) is 0 Å². The van der Waals surface area contributed by atoms with Gasteiger partial charge >= 0.3 is 0 Å². The highest BCUT2D eigenvalue weighted by molar-refractivity contribution is 5.15. The van der Waals surface area contributed by atoms with Gasteiger partial charge in [0.05, 0.1) is 0 Å². The summed E-state index contributed by atoms with van der Waals surface area (Å²) >= 11 is 0. The van der Waals surface area contributed by atoms with Crippen LogP contribution in [0.1, 0.15) is 33.1 Å². The summed E-state index contributed by atoms with van der Waals surface area (Å²) in [5.41, 5.74) is 7.44. The SMILES string of the molecule is C/C=C/C=C1\CC(C)CC(N)C1. The van der Waals surface area contributed by atoms with Crippen LogP contribution in [-0.4, -0.2) is 6.04 Å². The average molecular weight is 165 g/mol. The topological polar surface area (TPSA) is 26.0 Å². The number of hydrogen-bond acceptors (Lipinski definition) is 1. The molecule has 0 saturated heterocycles. The molecule has 0 aliphatic heterocycles. The van der Waals surface area contributed by atoms with Crippen molar-refractivity contribution >= 4 is 0 Å². The van der Waals surface area contributed by atoms with Crippen LogP contribution in [0.5, 0.6) is 0 Å². The monoisotopic (exact) mass is 165 g/mol. The molecule has 1 rings (SSSR count). The minimum Gasteiger partial charge on any atom is -0.327 e. The number of nitrogens with two attached hydrogens (primary N) is 1. The van der Waals surface area contributed by atoms with Gasteiger partial charge in [0.25, 0.3) is 0 Å². The fraction of sp³-hybridized carbons (Fsp3) is 0.636. The zero-order valence-electron chi connectivity index (χ0n) is 8.09. The number of allylic oxidation sites excluding steroid dienone is 3. The predicted molar refractivity (Wildman–Crippen MR) is 53.9 cm³/mol.